The topological polar surface area (TPSA) is 156 Å². The molecule has 0 unspecified atom stereocenters. The number of nitro groups is 3. The van der Waals surface area contributed by atoms with Gasteiger partial charge in [0, 0.05) is 46.2 Å². The number of hydrogen-bond acceptors (Lipinski definition) is 8. The molecule has 0 amide bonds. The van der Waals surface area contributed by atoms with Gasteiger partial charge in [-0.1, -0.05) is 36.4 Å². The number of carbonyl (C=O) groups is 1. The fraction of sp³-hybridized carbons (Fsp3) is 0.192. The summed E-state index contributed by atoms with van der Waals surface area (Å²) in [6.45, 7) is 0. The van der Waals surface area contributed by atoms with Gasteiger partial charge in [-0.3, -0.25) is 35.1 Å². The Balaban J connectivity index is 1.68. The van der Waals surface area contributed by atoms with Crippen molar-refractivity contribution in [2.75, 3.05) is 0 Å². The summed E-state index contributed by atoms with van der Waals surface area (Å²) in [6, 6.07) is 16.9. The zero-order chi connectivity index (χ0) is 26.3. The van der Waals surface area contributed by atoms with Crippen LogP contribution in [0.15, 0.2) is 84.4 Å². The molecule has 186 valence electrons. The number of para-hydroxylation sites is 1. The summed E-state index contributed by atoms with van der Waals surface area (Å²) in [7, 11) is 0. The molecule has 0 fully saturated rings. The summed E-state index contributed by atoms with van der Waals surface area (Å²) in [6.07, 6.45) is 1.51. The van der Waals surface area contributed by atoms with Crippen LogP contribution in [0.2, 0.25) is 0 Å². The average molecular weight is 501 g/mol. The van der Waals surface area contributed by atoms with E-state index in [9.17, 15) is 35.1 Å². The van der Waals surface area contributed by atoms with Gasteiger partial charge in [0.2, 0.25) is 6.04 Å². The second-order valence-corrected chi connectivity index (χ2v) is 8.91. The first kappa shape index (κ1) is 23.8. The maximum absolute atomic E-state index is 12.6. The molecule has 0 saturated carbocycles. The normalized spacial score (nSPS) is 24.0. The predicted molar refractivity (Wildman–Crippen MR) is 130 cm³/mol. The van der Waals surface area contributed by atoms with Gasteiger partial charge in [0.25, 0.3) is 11.4 Å². The molecule has 0 spiro atoms. The number of rotatable bonds is 6. The summed E-state index contributed by atoms with van der Waals surface area (Å²) >= 11 is 0. The minimum absolute atomic E-state index is 0.106. The van der Waals surface area contributed by atoms with E-state index < -0.39 is 44.7 Å². The number of ether oxygens (including phenoxy) is 1. The Morgan fingerprint density at radius 3 is 1.86 bits per heavy atom. The first-order valence-electron chi connectivity index (χ1n) is 11.3. The number of aldehydes is 1. The molecule has 2 aliphatic rings. The highest BCUT2D eigenvalue weighted by atomic mass is 16.6. The number of nitro benzene ring substituents is 2. The number of carbonyl (C=O) groups excluding carboxylic acids is 1. The monoisotopic (exact) mass is 501 g/mol. The van der Waals surface area contributed by atoms with Gasteiger partial charge in [0.15, 0.2) is 0 Å². The molecule has 11 heteroatoms. The smallest absolute Gasteiger partial charge is 0.269 e. The minimum Gasteiger partial charge on any atom is -0.485 e. The van der Waals surface area contributed by atoms with Gasteiger partial charge in [0.05, 0.1) is 21.7 Å². The van der Waals surface area contributed by atoms with Gasteiger partial charge in [-0.25, -0.2) is 0 Å². The van der Waals surface area contributed by atoms with E-state index in [1.807, 2.05) is 0 Å². The summed E-state index contributed by atoms with van der Waals surface area (Å²) in [4.78, 5) is 45.6. The van der Waals surface area contributed by atoms with Crippen molar-refractivity contribution in [1.82, 2.24) is 0 Å². The van der Waals surface area contributed by atoms with Crippen LogP contribution in [0.4, 0.5) is 11.4 Å². The first-order chi connectivity index (χ1) is 17.8. The summed E-state index contributed by atoms with van der Waals surface area (Å²) in [5.41, 5.74) is 1.51. The van der Waals surface area contributed by atoms with Crippen LogP contribution in [0.25, 0.3) is 0 Å². The van der Waals surface area contributed by atoms with E-state index in [1.165, 1.54) is 36.4 Å². The Labute approximate surface area is 209 Å². The van der Waals surface area contributed by atoms with E-state index >= 15 is 0 Å². The molecule has 5 rings (SSSR count). The third-order valence-corrected chi connectivity index (χ3v) is 7.02. The number of non-ortho nitro benzene ring substituents is 2. The Hall–Kier alpha value is -4.93. The van der Waals surface area contributed by atoms with E-state index in [0.29, 0.717) is 28.7 Å². The number of fused-ring (bicyclic) bond motifs is 3. The minimum atomic E-state index is -1.28. The van der Waals surface area contributed by atoms with Crippen molar-refractivity contribution in [3.8, 4) is 5.75 Å². The Bertz CT molecular complexity index is 1430. The summed E-state index contributed by atoms with van der Waals surface area (Å²) in [5.74, 6) is -1.83. The molecule has 0 saturated heterocycles. The molecule has 0 aromatic heterocycles. The maximum atomic E-state index is 12.6. The lowest BCUT2D eigenvalue weighted by Crippen LogP contribution is -2.45. The molecular weight excluding hydrogens is 482 g/mol. The predicted octanol–water partition coefficient (Wildman–Crippen LogP) is 4.90. The van der Waals surface area contributed by atoms with Gasteiger partial charge in [-0.2, -0.15) is 0 Å². The maximum Gasteiger partial charge on any atom is 0.269 e. The van der Waals surface area contributed by atoms with Crippen LogP contribution in [0.5, 0.6) is 5.75 Å². The first-order valence-corrected chi connectivity index (χ1v) is 11.3. The highest BCUT2D eigenvalue weighted by Gasteiger charge is 2.54. The lowest BCUT2D eigenvalue weighted by atomic mass is 9.63. The summed E-state index contributed by atoms with van der Waals surface area (Å²) in [5, 5.41) is 34.9. The summed E-state index contributed by atoms with van der Waals surface area (Å²) < 4.78 is 6.26. The number of hydrogen-bond donors (Lipinski definition) is 0. The molecule has 3 aromatic rings. The van der Waals surface area contributed by atoms with E-state index in [4.69, 9.17) is 4.74 Å². The van der Waals surface area contributed by atoms with E-state index in [1.54, 1.807) is 42.5 Å². The van der Waals surface area contributed by atoms with Crippen molar-refractivity contribution in [2.45, 2.75) is 24.0 Å². The van der Waals surface area contributed by atoms with Crippen LogP contribution in [0.1, 0.15) is 34.6 Å². The van der Waals surface area contributed by atoms with Crippen LogP contribution in [0.3, 0.4) is 0 Å². The Kier molecular flexibility index (Phi) is 5.96. The van der Waals surface area contributed by atoms with Crippen LogP contribution in [0, 0.1) is 36.3 Å². The molecule has 1 heterocycles. The van der Waals surface area contributed by atoms with E-state index in [2.05, 4.69) is 0 Å². The van der Waals surface area contributed by atoms with Crippen LogP contribution < -0.4 is 4.74 Å². The van der Waals surface area contributed by atoms with Crippen LogP contribution in [-0.2, 0) is 4.79 Å². The van der Waals surface area contributed by atoms with Gasteiger partial charge in [-0.05, 0) is 29.3 Å². The second-order valence-electron chi connectivity index (χ2n) is 8.91. The molecule has 37 heavy (non-hydrogen) atoms. The van der Waals surface area contributed by atoms with Crippen molar-refractivity contribution in [3.05, 3.63) is 131 Å². The fourth-order valence-electron chi connectivity index (χ4n) is 5.44. The zero-order valence-corrected chi connectivity index (χ0v) is 19.1. The zero-order valence-electron chi connectivity index (χ0n) is 19.1. The molecule has 1 aliphatic heterocycles. The highest BCUT2D eigenvalue weighted by Crippen LogP contribution is 2.55. The van der Waals surface area contributed by atoms with Crippen molar-refractivity contribution in [3.63, 3.8) is 0 Å². The third kappa shape index (κ3) is 4.10. The molecule has 0 radical (unpaired) electrons. The standard InChI is InChI=1S/C26H19N3O8/c30-14-17-13-21-24(25(29(35)36)23(17)15-5-9-18(10-6-15)27(31)32)20-3-1-2-4-22(20)37-26(21)16-7-11-19(12-8-16)28(33)34/h1-14,21,23-26H/t21-,23+,24+,25-,26+/m0/s1. The average Bonchev–Trinajstić information content (AvgIpc) is 2.91. The molecule has 3 aromatic carbocycles. The number of benzene rings is 3. The SMILES string of the molecule is O=CC1=C[C@H]2[C@@H](c3ccccc3O[C@@H]2c2ccc([N+](=O)[O-])cc2)[C@@H]([N+](=O)[O-])[C@@H]1c1ccc([N+](=O)[O-])cc1. The quantitative estimate of drug-likeness (QED) is 0.262. The van der Waals surface area contributed by atoms with Crippen LogP contribution >= 0.6 is 0 Å². The lowest BCUT2D eigenvalue weighted by Gasteiger charge is -2.44. The lowest BCUT2D eigenvalue weighted by molar-refractivity contribution is -0.532. The Morgan fingerprint density at radius 1 is 0.757 bits per heavy atom. The third-order valence-electron chi connectivity index (χ3n) is 7.02. The van der Waals surface area contributed by atoms with Gasteiger partial charge in [-0.15, -0.1) is 0 Å². The van der Waals surface area contributed by atoms with E-state index in [0.717, 1.165) is 0 Å². The number of nitrogens with zero attached hydrogens (tertiary/aromatic N) is 3. The van der Waals surface area contributed by atoms with Crippen molar-refractivity contribution >= 4 is 17.7 Å². The van der Waals surface area contributed by atoms with Gasteiger partial charge < -0.3 is 4.74 Å². The van der Waals surface area contributed by atoms with E-state index in [-0.39, 0.29) is 16.9 Å². The molecule has 11 nitrogen and oxygen atoms in total. The Morgan fingerprint density at radius 2 is 1.32 bits per heavy atom. The van der Waals surface area contributed by atoms with Crippen molar-refractivity contribution < 1.29 is 24.3 Å². The molecule has 0 N–H and O–H groups in total. The molecular formula is C26H19N3O8. The second kappa shape index (κ2) is 9.26. The van der Waals surface area contributed by atoms with Crippen molar-refractivity contribution in [1.29, 1.82) is 0 Å². The van der Waals surface area contributed by atoms with Gasteiger partial charge in [0.1, 0.15) is 18.1 Å². The molecule has 0 bridgehead atoms. The fourth-order valence-corrected chi connectivity index (χ4v) is 5.44. The highest BCUT2D eigenvalue weighted by molar-refractivity contribution is 5.77. The molecule has 5 atom stereocenters. The molecule has 1 aliphatic carbocycles. The largest absolute Gasteiger partial charge is 0.485 e. The van der Waals surface area contributed by atoms with Crippen LogP contribution in [-0.4, -0.2) is 27.1 Å². The van der Waals surface area contributed by atoms with Gasteiger partial charge >= 0.3 is 0 Å². The van der Waals surface area contributed by atoms with Crippen molar-refractivity contribution in [2.24, 2.45) is 5.92 Å².